The molecule has 0 aliphatic rings. The third-order valence-electron chi connectivity index (χ3n) is 2.95. The first-order valence-electron chi connectivity index (χ1n) is 6.16. The van der Waals surface area contributed by atoms with Crippen LogP contribution in [0.4, 0.5) is 5.69 Å². The van der Waals surface area contributed by atoms with Crippen LogP contribution in [0.25, 0.3) is 0 Å². The number of furan rings is 1. The van der Waals surface area contributed by atoms with Crippen LogP contribution in [-0.2, 0) is 11.3 Å². The Morgan fingerprint density at radius 1 is 1.38 bits per heavy atom. The standard InChI is InChI=1S/C14H14Cl2N2O3/c1-7-4-11(15)18-13(16)12(7)17-6-9-5-10(8(2)21-9)14(19)20-3/h4-5,17H,6H2,1-3H3. The van der Waals surface area contributed by atoms with Crippen molar-refractivity contribution in [3.63, 3.8) is 0 Å². The number of carbonyl (C=O) groups excluding carboxylic acids is 1. The molecule has 0 amide bonds. The SMILES string of the molecule is COC(=O)c1cc(CNc2c(C)cc(Cl)nc2Cl)oc1C. The lowest BCUT2D eigenvalue weighted by molar-refractivity contribution is 0.0599. The van der Waals surface area contributed by atoms with Crippen molar-refractivity contribution in [1.29, 1.82) is 0 Å². The van der Waals surface area contributed by atoms with Crippen molar-refractivity contribution in [3.05, 3.63) is 45.1 Å². The van der Waals surface area contributed by atoms with Gasteiger partial charge in [-0.3, -0.25) is 0 Å². The molecule has 0 unspecified atom stereocenters. The number of methoxy groups -OCH3 is 1. The van der Waals surface area contributed by atoms with E-state index >= 15 is 0 Å². The number of pyridine rings is 1. The van der Waals surface area contributed by atoms with Gasteiger partial charge in [0.15, 0.2) is 5.15 Å². The van der Waals surface area contributed by atoms with Crippen molar-refractivity contribution in [2.45, 2.75) is 20.4 Å². The molecule has 0 saturated heterocycles. The van der Waals surface area contributed by atoms with Gasteiger partial charge >= 0.3 is 5.97 Å². The van der Waals surface area contributed by atoms with E-state index in [9.17, 15) is 4.79 Å². The Labute approximate surface area is 132 Å². The van der Waals surface area contributed by atoms with Crippen molar-refractivity contribution in [2.24, 2.45) is 0 Å². The molecular weight excluding hydrogens is 315 g/mol. The number of carbonyl (C=O) groups is 1. The van der Waals surface area contributed by atoms with Crippen molar-refractivity contribution in [2.75, 3.05) is 12.4 Å². The second-order valence-corrected chi connectivity index (χ2v) is 5.20. The Kier molecular flexibility index (Phi) is 4.75. The van der Waals surface area contributed by atoms with E-state index in [0.717, 1.165) is 5.56 Å². The summed E-state index contributed by atoms with van der Waals surface area (Å²) in [7, 11) is 1.33. The molecule has 2 rings (SSSR count). The van der Waals surface area contributed by atoms with E-state index in [2.05, 4.69) is 15.0 Å². The first-order chi connectivity index (χ1) is 9.92. The lowest BCUT2D eigenvalue weighted by atomic mass is 10.2. The fraction of sp³-hybridized carbons (Fsp3) is 0.286. The highest BCUT2D eigenvalue weighted by Gasteiger charge is 2.16. The van der Waals surface area contributed by atoms with Gasteiger partial charge in [0.1, 0.15) is 22.2 Å². The average molecular weight is 329 g/mol. The van der Waals surface area contributed by atoms with Crippen molar-refractivity contribution < 1.29 is 13.9 Å². The molecule has 2 heterocycles. The maximum absolute atomic E-state index is 11.5. The minimum absolute atomic E-state index is 0.288. The molecule has 21 heavy (non-hydrogen) atoms. The van der Waals surface area contributed by atoms with Gasteiger partial charge in [-0.05, 0) is 31.5 Å². The third-order valence-corrected chi connectivity index (χ3v) is 3.42. The first-order valence-corrected chi connectivity index (χ1v) is 6.92. The summed E-state index contributed by atoms with van der Waals surface area (Å²) in [6, 6.07) is 3.35. The zero-order chi connectivity index (χ0) is 15.6. The monoisotopic (exact) mass is 328 g/mol. The number of halogens is 2. The van der Waals surface area contributed by atoms with Crippen molar-refractivity contribution >= 4 is 34.9 Å². The Morgan fingerprint density at radius 3 is 2.71 bits per heavy atom. The molecule has 0 aliphatic heterocycles. The van der Waals surface area contributed by atoms with Gasteiger partial charge in [-0.15, -0.1) is 0 Å². The molecule has 7 heteroatoms. The normalized spacial score (nSPS) is 10.5. The van der Waals surface area contributed by atoms with E-state index in [0.29, 0.717) is 34.5 Å². The molecule has 0 aromatic carbocycles. The van der Waals surface area contributed by atoms with E-state index in [1.165, 1.54) is 7.11 Å². The number of nitrogens with zero attached hydrogens (tertiary/aromatic N) is 1. The van der Waals surface area contributed by atoms with Gasteiger partial charge in [-0.25, -0.2) is 9.78 Å². The fourth-order valence-corrected chi connectivity index (χ4v) is 2.53. The molecule has 112 valence electrons. The number of nitrogens with one attached hydrogen (secondary N) is 1. The molecule has 2 aromatic heterocycles. The molecule has 0 aliphatic carbocycles. The zero-order valence-corrected chi connectivity index (χ0v) is 13.3. The van der Waals surface area contributed by atoms with Gasteiger partial charge in [0.25, 0.3) is 0 Å². The summed E-state index contributed by atoms with van der Waals surface area (Å²) in [4.78, 5) is 15.5. The van der Waals surface area contributed by atoms with Gasteiger partial charge in [-0.2, -0.15) is 0 Å². The highest BCUT2D eigenvalue weighted by molar-refractivity contribution is 6.34. The molecule has 1 N–H and O–H groups in total. The van der Waals surface area contributed by atoms with Crippen molar-refractivity contribution in [1.82, 2.24) is 4.98 Å². The Balaban J connectivity index is 2.16. The van der Waals surface area contributed by atoms with Crippen LogP contribution in [0.1, 0.15) is 27.4 Å². The van der Waals surface area contributed by atoms with Crippen molar-refractivity contribution in [3.8, 4) is 0 Å². The average Bonchev–Trinajstić information content (AvgIpc) is 2.78. The predicted molar refractivity (Wildman–Crippen MR) is 81.1 cm³/mol. The van der Waals surface area contributed by atoms with Crippen LogP contribution in [0.2, 0.25) is 10.3 Å². The van der Waals surface area contributed by atoms with E-state index in [-0.39, 0.29) is 5.15 Å². The Bertz CT molecular complexity index is 660. The predicted octanol–water partition coefficient (Wildman–Crippen LogP) is 4.00. The van der Waals surface area contributed by atoms with E-state index < -0.39 is 5.97 Å². The van der Waals surface area contributed by atoms with Gasteiger partial charge in [0, 0.05) is 0 Å². The number of rotatable bonds is 4. The van der Waals surface area contributed by atoms with Gasteiger partial charge in [0.2, 0.25) is 0 Å². The Hall–Kier alpha value is -1.72. The summed E-state index contributed by atoms with van der Waals surface area (Å²) in [5.74, 6) is 0.680. The van der Waals surface area contributed by atoms with Crippen LogP contribution in [0.3, 0.4) is 0 Å². The number of aryl methyl sites for hydroxylation is 2. The number of anilines is 1. The second kappa shape index (κ2) is 6.37. The molecule has 0 bridgehead atoms. The molecular formula is C14H14Cl2N2O3. The summed E-state index contributed by atoms with van der Waals surface area (Å²) < 4.78 is 10.2. The summed E-state index contributed by atoms with van der Waals surface area (Å²) >= 11 is 11.9. The maximum atomic E-state index is 11.5. The van der Waals surface area contributed by atoms with Crippen LogP contribution in [-0.4, -0.2) is 18.1 Å². The summed E-state index contributed by atoms with van der Waals surface area (Å²) in [5, 5.41) is 3.75. The molecule has 0 fully saturated rings. The minimum atomic E-state index is -0.426. The van der Waals surface area contributed by atoms with Crippen LogP contribution in [0, 0.1) is 13.8 Å². The van der Waals surface area contributed by atoms with Gasteiger partial charge < -0.3 is 14.5 Å². The Morgan fingerprint density at radius 2 is 2.10 bits per heavy atom. The molecule has 0 radical (unpaired) electrons. The van der Waals surface area contributed by atoms with Crippen LogP contribution in [0.5, 0.6) is 0 Å². The highest BCUT2D eigenvalue weighted by atomic mass is 35.5. The number of aromatic nitrogens is 1. The summed E-state index contributed by atoms with van der Waals surface area (Å²) in [5.41, 5.74) is 1.96. The molecule has 0 atom stereocenters. The van der Waals surface area contributed by atoms with E-state index in [4.69, 9.17) is 27.6 Å². The van der Waals surface area contributed by atoms with Gasteiger partial charge in [-0.1, -0.05) is 23.2 Å². The zero-order valence-electron chi connectivity index (χ0n) is 11.8. The van der Waals surface area contributed by atoms with E-state index in [1.807, 2.05) is 6.92 Å². The second-order valence-electron chi connectivity index (χ2n) is 4.46. The van der Waals surface area contributed by atoms with Crippen LogP contribution >= 0.6 is 23.2 Å². The highest BCUT2D eigenvalue weighted by Crippen LogP contribution is 2.27. The quantitative estimate of drug-likeness (QED) is 0.678. The smallest absolute Gasteiger partial charge is 0.341 e. The largest absolute Gasteiger partial charge is 0.465 e. The number of ether oxygens (including phenoxy) is 1. The molecule has 0 spiro atoms. The van der Waals surface area contributed by atoms with Gasteiger partial charge in [0.05, 0.1) is 19.3 Å². The number of hydrogen-bond acceptors (Lipinski definition) is 5. The third kappa shape index (κ3) is 3.49. The topological polar surface area (TPSA) is 64.4 Å². The first kappa shape index (κ1) is 15.7. The molecule has 5 nitrogen and oxygen atoms in total. The molecule has 0 saturated carbocycles. The number of hydrogen-bond donors (Lipinski definition) is 1. The minimum Gasteiger partial charge on any atom is -0.465 e. The van der Waals surface area contributed by atoms with E-state index in [1.54, 1.807) is 19.1 Å². The lowest BCUT2D eigenvalue weighted by Gasteiger charge is -2.09. The fourth-order valence-electron chi connectivity index (χ4n) is 1.93. The molecule has 2 aromatic rings. The number of esters is 1. The van der Waals surface area contributed by atoms with Crippen LogP contribution in [0.15, 0.2) is 16.5 Å². The summed E-state index contributed by atoms with van der Waals surface area (Å²) in [6.45, 7) is 3.94. The lowest BCUT2D eigenvalue weighted by Crippen LogP contribution is -2.03. The summed E-state index contributed by atoms with van der Waals surface area (Å²) in [6.07, 6.45) is 0. The maximum Gasteiger partial charge on any atom is 0.341 e. The van der Waals surface area contributed by atoms with Crippen LogP contribution < -0.4 is 5.32 Å².